The maximum absolute atomic E-state index is 13.3. The van der Waals surface area contributed by atoms with E-state index in [1.807, 2.05) is 43.3 Å². The largest absolute Gasteiger partial charge is 0.486 e. The molecule has 0 unspecified atom stereocenters. The van der Waals surface area contributed by atoms with Crippen molar-refractivity contribution in [1.82, 2.24) is 5.32 Å². The van der Waals surface area contributed by atoms with Gasteiger partial charge >= 0.3 is 0 Å². The molecule has 1 aliphatic heterocycles. The van der Waals surface area contributed by atoms with Crippen LogP contribution in [0.2, 0.25) is 0 Å². The summed E-state index contributed by atoms with van der Waals surface area (Å²) in [5.41, 5.74) is 1.76. The minimum Gasteiger partial charge on any atom is -0.486 e. The Morgan fingerprint density at radius 2 is 1.69 bits per heavy atom. The van der Waals surface area contributed by atoms with E-state index < -0.39 is 5.41 Å². The summed E-state index contributed by atoms with van der Waals surface area (Å²) in [5.74, 6) is 1.66. The second kappa shape index (κ2) is 7.02. The molecule has 2 aromatic rings. The molecule has 0 radical (unpaired) electrons. The Morgan fingerprint density at radius 3 is 2.42 bits per heavy atom. The van der Waals surface area contributed by atoms with E-state index in [0.29, 0.717) is 13.2 Å². The molecule has 1 saturated carbocycles. The van der Waals surface area contributed by atoms with Crippen molar-refractivity contribution in [3.05, 3.63) is 59.7 Å². The normalized spacial score (nSPS) is 19.0. The minimum absolute atomic E-state index is 0.0838. The Balaban J connectivity index is 1.55. The fourth-order valence-corrected chi connectivity index (χ4v) is 4.13. The first kappa shape index (κ1) is 17.0. The first-order valence-corrected chi connectivity index (χ1v) is 9.45. The number of hydrogen-bond donors (Lipinski definition) is 1. The van der Waals surface area contributed by atoms with Crippen molar-refractivity contribution in [3.8, 4) is 11.5 Å². The van der Waals surface area contributed by atoms with Crippen LogP contribution in [0.3, 0.4) is 0 Å². The van der Waals surface area contributed by atoms with E-state index in [2.05, 4.69) is 17.4 Å². The lowest BCUT2D eigenvalue weighted by Crippen LogP contribution is -2.43. The molecule has 1 fully saturated rings. The highest BCUT2D eigenvalue weighted by Crippen LogP contribution is 2.42. The second-order valence-corrected chi connectivity index (χ2v) is 7.25. The highest BCUT2D eigenvalue weighted by atomic mass is 16.6. The summed E-state index contributed by atoms with van der Waals surface area (Å²) in [7, 11) is 0. The number of hydrogen-bond acceptors (Lipinski definition) is 3. The molecule has 1 heterocycles. The van der Waals surface area contributed by atoms with E-state index in [9.17, 15) is 4.79 Å². The van der Waals surface area contributed by atoms with Crippen LogP contribution in [0, 0.1) is 0 Å². The third-order valence-electron chi connectivity index (χ3n) is 5.63. The van der Waals surface area contributed by atoms with Crippen LogP contribution in [0.25, 0.3) is 0 Å². The standard InChI is InChI=1S/C22H25NO3/c1-16(17-9-10-19-20(15-17)26-14-13-25-19)23-21(24)22(11-5-6-12-22)18-7-3-2-4-8-18/h2-4,7-10,15-16H,5-6,11-14H2,1H3,(H,23,24)/t16-/m0/s1. The average molecular weight is 351 g/mol. The number of ether oxygens (including phenoxy) is 2. The van der Waals surface area contributed by atoms with Gasteiger partial charge in [-0.3, -0.25) is 4.79 Å². The predicted octanol–water partition coefficient (Wildman–Crippen LogP) is 4.15. The fraction of sp³-hybridized carbons (Fsp3) is 0.409. The van der Waals surface area contributed by atoms with Gasteiger partial charge in [-0.15, -0.1) is 0 Å². The molecule has 4 heteroatoms. The van der Waals surface area contributed by atoms with Crippen LogP contribution in [-0.4, -0.2) is 19.1 Å². The lowest BCUT2D eigenvalue weighted by Gasteiger charge is -2.30. The van der Waals surface area contributed by atoms with Crippen molar-refractivity contribution in [2.45, 2.75) is 44.1 Å². The van der Waals surface area contributed by atoms with Crippen molar-refractivity contribution in [2.24, 2.45) is 0 Å². The van der Waals surface area contributed by atoms with E-state index in [1.165, 1.54) is 0 Å². The topological polar surface area (TPSA) is 47.6 Å². The molecule has 2 aliphatic rings. The van der Waals surface area contributed by atoms with Gasteiger partial charge in [-0.1, -0.05) is 49.2 Å². The van der Waals surface area contributed by atoms with Gasteiger partial charge in [0.1, 0.15) is 13.2 Å². The zero-order valence-electron chi connectivity index (χ0n) is 15.2. The third-order valence-corrected chi connectivity index (χ3v) is 5.63. The molecule has 0 saturated heterocycles. The van der Waals surface area contributed by atoms with Gasteiger partial charge in [0.2, 0.25) is 5.91 Å². The summed E-state index contributed by atoms with van der Waals surface area (Å²) in [6.45, 7) is 3.17. The smallest absolute Gasteiger partial charge is 0.231 e. The summed E-state index contributed by atoms with van der Waals surface area (Å²) in [4.78, 5) is 13.3. The quantitative estimate of drug-likeness (QED) is 0.900. The Hall–Kier alpha value is -2.49. The van der Waals surface area contributed by atoms with Gasteiger partial charge in [0.15, 0.2) is 11.5 Å². The van der Waals surface area contributed by atoms with E-state index in [-0.39, 0.29) is 11.9 Å². The molecule has 1 N–H and O–H groups in total. The van der Waals surface area contributed by atoms with Crippen molar-refractivity contribution in [2.75, 3.05) is 13.2 Å². The van der Waals surface area contributed by atoms with Crippen LogP contribution in [0.15, 0.2) is 48.5 Å². The van der Waals surface area contributed by atoms with Gasteiger partial charge in [-0.25, -0.2) is 0 Å². The Morgan fingerprint density at radius 1 is 1.00 bits per heavy atom. The molecular weight excluding hydrogens is 326 g/mol. The van der Waals surface area contributed by atoms with Crippen LogP contribution < -0.4 is 14.8 Å². The SMILES string of the molecule is C[C@H](NC(=O)C1(c2ccccc2)CCCC1)c1ccc2c(c1)OCCO2. The Kier molecular flexibility index (Phi) is 4.58. The summed E-state index contributed by atoms with van der Waals surface area (Å²) < 4.78 is 11.3. The van der Waals surface area contributed by atoms with Crippen molar-refractivity contribution < 1.29 is 14.3 Å². The molecule has 1 atom stereocenters. The molecule has 26 heavy (non-hydrogen) atoms. The monoisotopic (exact) mass is 351 g/mol. The molecule has 1 amide bonds. The third kappa shape index (κ3) is 3.05. The van der Waals surface area contributed by atoms with E-state index >= 15 is 0 Å². The number of nitrogens with one attached hydrogen (secondary N) is 1. The lowest BCUT2D eigenvalue weighted by atomic mass is 9.77. The molecule has 4 nitrogen and oxygen atoms in total. The van der Waals surface area contributed by atoms with Gasteiger partial charge in [-0.2, -0.15) is 0 Å². The summed E-state index contributed by atoms with van der Waals surface area (Å²) in [6, 6.07) is 16.0. The van der Waals surface area contributed by atoms with Gasteiger partial charge in [0.05, 0.1) is 11.5 Å². The highest BCUT2D eigenvalue weighted by Gasteiger charge is 2.42. The fourth-order valence-electron chi connectivity index (χ4n) is 4.13. The number of rotatable bonds is 4. The van der Waals surface area contributed by atoms with Crippen molar-refractivity contribution in [3.63, 3.8) is 0 Å². The van der Waals surface area contributed by atoms with E-state index in [0.717, 1.165) is 48.3 Å². The number of carbonyl (C=O) groups is 1. The highest BCUT2D eigenvalue weighted by molar-refractivity contribution is 5.89. The van der Waals surface area contributed by atoms with Crippen molar-refractivity contribution in [1.29, 1.82) is 0 Å². The van der Waals surface area contributed by atoms with Crippen LogP contribution in [-0.2, 0) is 10.2 Å². The zero-order valence-corrected chi connectivity index (χ0v) is 15.2. The molecule has 0 bridgehead atoms. The summed E-state index contributed by atoms with van der Waals surface area (Å²) in [5, 5.41) is 3.25. The average Bonchev–Trinajstić information content (AvgIpc) is 3.19. The molecular formula is C22H25NO3. The molecule has 136 valence electrons. The molecule has 4 rings (SSSR count). The van der Waals surface area contributed by atoms with Crippen LogP contribution in [0.1, 0.15) is 49.8 Å². The molecule has 2 aromatic carbocycles. The summed E-state index contributed by atoms with van der Waals surface area (Å²) >= 11 is 0. The second-order valence-electron chi connectivity index (χ2n) is 7.25. The molecule has 1 aliphatic carbocycles. The first-order chi connectivity index (χ1) is 12.7. The maximum Gasteiger partial charge on any atom is 0.231 e. The van der Waals surface area contributed by atoms with Crippen molar-refractivity contribution >= 4 is 5.91 Å². The molecule has 0 spiro atoms. The van der Waals surface area contributed by atoms with E-state index in [1.54, 1.807) is 0 Å². The van der Waals surface area contributed by atoms with Gasteiger partial charge in [0, 0.05) is 0 Å². The van der Waals surface area contributed by atoms with Gasteiger partial charge in [-0.05, 0) is 43.0 Å². The number of fused-ring (bicyclic) bond motifs is 1. The number of carbonyl (C=O) groups excluding carboxylic acids is 1. The first-order valence-electron chi connectivity index (χ1n) is 9.45. The van der Waals surface area contributed by atoms with Gasteiger partial charge in [0.25, 0.3) is 0 Å². The summed E-state index contributed by atoms with van der Waals surface area (Å²) in [6.07, 6.45) is 4.02. The van der Waals surface area contributed by atoms with E-state index in [4.69, 9.17) is 9.47 Å². The Labute approximate surface area is 154 Å². The minimum atomic E-state index is -0.399. The number of benzene rings is 2. The van der Waals surface area contributed by atoms with Crippen LogP contribution >= 0.6 is 0 Å². The van der Waals surface area contributed by atoms with Crippen LogP contribution in [0.4, 0.5) is 0 Å². The van der Waals surface area contributed by atoms with Gasteiger partial charge < -0.3 is 14.8 Å². The Bertz CT molecular complexity index is 781. The molecule has 0 aromatic heterocycles. The number of amides is 1. The maximum atomic E-state index is 13.3. The predicted molar refractivity (Wildman–Crippen MR) is 101 cm³/mol. The zero-order chi connectivity index (χ0) is 18.0. The lowest BCUT2D eigenvalue weighted by molar-refractivity contribution is -0.127. The van der Waals surface area contributed by atoms with Crippen LogP contribution in [0.5, 0.6) is 11.5 Å².